The van der Waals surface area contributed by atoms with Crippen LogP contribution in [-0.4, -0.2) is 29.3 Å². The Hall–Kier alpha value is -2.86. The van der Waals surface area contributed by atoms with Gasteiger partial charge in [-0.25, -0.2) is 9.78 Å². The standard InChI is InChI=1S/C17H18N4O2/c1-23-11-10-21-12-14(13-6-2-3-7-15(13)21)19-17(22)20-16-8-4-5-9-18-16/h2-9,12H,10-11H2,1H3,(H2,18,19,20,22). The average Bonchev–Trinajstić information content (AvgIpc) is 2.92. The summed E-state index contributed by atoms with van der Waals surface area (Å²) >= 11 is 0. The molecule has 0 aliphatic carbocycles. The van der Waals surface area contributed by atoms with E-state index in [0.717, 1.165) is 23.1 Å². The summed E-state index contributed by atoms with van der Waals surface area (Å²) in [4.78, 5) is 16.2. The number of carbonyl (C=O) groups is 1. The number of nitrogens with one attached hydrogen (secondary N) is 2. The average molecular weight is 310 g/mol. The van der Waals surface area contributed by atoms with Crippen molar-refractivity contribution in [2.75, 3.05) is 24.4 Å². The Morgan fingerprint density at radius 1 is 1.17 bits per heavy atom. The fraction of sp³-hybridized carbons (Fsp3) is 0.176. The molecule has 3 aromatic rings. The van der Waals surface area contributed by atoms with Gasteiger partial charge in [-0.2, -0.15) is 0 Å². The zero-order valence-electron chi connectivity index (χ0n) is 12.8. The van der Waals surface area contributed by atoms with E-state index in [-0.39, 0.29) is 6.03 Å². The van der Waals surface area contributed by atoms with Crippen LogP contribution in [0.3, 0.4) is 0 Å². The van der Waals surface area contributed by atoms with E-state index >= 15 is 0 Å². The Kier molecular flexibility index (Phi) is 4.54. The molecule has 0 aliphatic rings. The number of hydrogen-bond donors (Lipinski definition) is 2. The number of fused-ring (bicyclic) bond motifs is 1. The van der Waals surface area contributed by atoms with Crippen molar-refractivity contribution in [1.29, 1.82) is 0 Å². The van der Waals surface area contributed by atoms with E-state index in [9.17, 15) is 4.79 Å². The SMILES string of the molecule is COCCn1cc(NC(=O)Nc2ccccn2)c2ccccc21. The summed E-state index contributed by atoms with van der Waals surface area (Å²) in [6.45, 7) is 1.33. The first-order chi connectivity index (χ1) is 11.3. The van der Waals surface area contributed by atoms with Gasteiger partial charge in [0.2, 0.25) is 0 Å². The highest BCUT2D eigenvalue weighted by Gasteiger charge is 2.11. The van der Waals surface area contributed by atoms with Crippen molar-refractivity contribution in [3.05, 3.63) is 54.9 Å². The molecule has 0 bridgehead atoms. The Morgan fingerprint density at radius 3 is 2.78 bits per heavy atom. The maximum absolute atomic E-state index is 12.2. The minimum Gasteiger partial charge on any atom is -0.383 e. The highest BCUT2D eigenvalue weighted by molar-refractivity contribution is 6.05. The van der Waals surface area contributed by atoms with Gasteiger partial charge in [0.15, 0.2) is 0 Å². The van der Waals surface area contributed by atoms with Crippen molar-refractivity contribution in [3.63, 3.8) is 0 Å². The molecule has 0 fully saturated rings. The third-order valence-corrected chi connectivity index (χ3v) is 3.48. The molecule has 0 saturated heterocycles. The number of aromatic nitrogens is 2. The molecule has 3 rings (SSSR count). The number of hydrogen-bond acceptors (Lipinski definition) is 3. The molecule has 0 saturated carbocycles. The van der Waals surface area contributed by atoms with E-state index in [0.29, 0.717) is 12.4 Å². The topological polar surface area (TPSA) is 68.2 Å². The second-order valence-electron chi connectivity index (χ2n) is 5.04. The van der Waals surface area contributed by atoms with Crippen LogP contribution in [0.25, 0.3) is 10.9 Å². The van der Waals surface area contributed by atoms with Crippen molar-refractivity contribution in [2.45, 2.75) is 6.54 Å². The Labute approximate surface area is 134 Å². The maximum Gasteiger partial charge on any atom is 0.324 e. The van der Waals surface area contributed by atoms with E-state index in [2.05, 4.69) is 20.2 Å². The van der Waals surface area contributed by atoms with Crippen LogP contribution in [0, 0.1) is 0 Å². The van der Waals surface area contributed by atoms with Gasteiger partial charge in [-0.1, -0.05) is 24.3 Å². The lowest BCUT2D eigenvalue weighted by atomic mass is 10.2. The molecule has 0 atom stereocenters. The van der Waals surface area contributed by atoms with Gasteiger partial charge in [0, 0.05) is 31.4 Å². The van der Waals surface area contributed by atoms with Gasteiger partial charge in [-0.3, -0.25) is 5.32 Å². The highest BCUT2D eigenvalue weighted by atomic mass is 16.5. The second kappa shape index (κ2) is 6.93. The summed E-state index contributed by atoms with van der Waals surface area (Å²) in [5.41, 5.74) is 1.81. The van der Waals surface area contributed by atoms with Gasteiger partial charge in [-0.05, 0) is 18.2 Å². The minimum atomic E-state index is -0.321. The number of methoxy groups -OCH3 is 1. The van der Waals surface area contributed by atoms with Crippen molar-refractivity contribution < 1.29 is 9.53 Å². The van der Waals surface area contributed by atoms with Crippen molar-refractivity contribution in [2.24, 2.45) is 0 Å². The first-order valence-corrected chi connectivity index (χ1v) is 7.34. The quantitative estimate of drug-likeness (QED) is 0.759. The van der Waals surface area contributed by atoms with Crippen molar-refractivity contribution in [3.8, 4) is 0 Å². The van der Waals surface area contributed by atoms with Gasteiger partial charge in [0.25, 0.3) is 0 Å². The molecule has 0 unspecified atom stereocenters. The lowest BCUT2D eigenvalue weighted by molar-refractivity contribution is 0.188. The molecule has 23 heavy (non-hydrogen) atoms. The molecule has 0 radical (unpaired) electrons. The molecule has 1 aromatic carbocycles. The molecular formula is C17H18N4O2. The summed E-state index contributed by atoms with van der Waals surface area (Å²) in [6, 6.07) is 13.0. The number of carbonyl (C=O) groups excluding carboxylic acids is 1. The lowest BCUT2D eigenvalue weighted by Gasteiger charge is -2.05. The van der Waals surface area contributed by atoms with Crippen LogP contribution >= 0.6 is 0 Å². The van der Waals surface area contributed by atoms with Crippen LogP contribution in [0.15, 0.2) is 54.9 Å². The molecule has 0 aliphatic heterocycles. The summed E-state index contributed by atoms with van der Waals surface area (Å²) in [5.74, 6) is 0.508. The zero-order chi connectivity index (χ0) is 16.1. The number of pyridine rings is 1. The van der Waals surface area contributed by atoms with Gasteiger partial charge < -0.3 is 14.6 Å². The maximum atomic E-state index is 12.2. The number of amides is 2. The molecule has 2 aromatic heterocycles. The fourth-order valence-corrected chi connectivity index (χ4v) is 2.43. The summed E-state index contributed by atoms with van der Waals surface area (Å²) in [6.07, 6.45) is 3.55. The van der Waals surface area contributed by atoms with Crippen LogP contribution in [0.4, 0.5) is 16.3 Å². The monoisotopic (exact) mass is 310 g/mol. The normalized spacial score (nSPS) is 10.7. The predicted octanol–water partition coefficient (Wildman–Crippen LogP) is 3.33. The summed E-state index contributed by atoms with van der Waals surface area (Å²) in [7, 11) is 1.67. The number of rotatable bonds is 5. The Morgan fingerprint density at radius 2 is 2.00 bits per heavy atom. The van der Waals surface area contributed by atoms with E-state index < -0.39 is 0 Å². The Bertz CT molecular complexity index is 799. The van der Waals surface area contributed by atoms with E-state index in [1.165, 1.54) is 0 Å². The summed E-state index contributed by atoms with van der Waals surface area (Å²) < 4.78 is 7.20. The van der Waals surface area contributed by atoms with E-state index in [4.69, 9.17) is 4.74 Å². The van der Waals surface area contributed by atoms with Crippen molar-refractivity contribution in [1.82, 2.24) is 9.55 Å². The Balaban J connectivity index is 1.80. The van der Waals surface area contributed by atoms with Crippen LogP contribution in [0.5, 0.6) is 0 Å². The largest absolute Gasteiger partial charge is 0.383 e. The van der Waals surface area contributed by atoms with Gasteiger partial charge in [-0.15, -0.1) is 0 Å². The third-order valence-electron chi connectivity index (χ3n) is 3.48. The first kappa shape index (κ1) is 15.1. The van der Waals surface area contributed by atoms with E-state index in [1.807, 2.05) is 36.5 Å². The smallest absolute Gasteiger partial charge is 0.324 e. The molecule has 2 amide bonds. The highest BCUT2D eigenvalue weighted by Crippen LogP contribution is 2.26. The number of urea groups is 1. The molecular weight excluding hydrogens is 292 g/mol. The zero-order valence-corrected chi connectivity index (χ0v) is 12.8. The third kappa shape index (κ3) is 3.49. The van der Waals surface area contributed by atoms with Crippen LogP contribution in [0.1, 0.15) is 0 Å². The van der Waals surface area contributed by atoms with Gasteiger partial charge in [0.05, 0.1) is 17.8 Å². The van der Waals surface area contributed by atoms with Crippen LogP contribution in [0.2, 0.25) is 0 Å². The lowest BCUT2D eigenvalue weighted by Crippen LogP contribution is -2.19. The van der Waals surface area contributed by atoms with E-state index in [1.54, 1.807) is 25.4 Å². The molecule has 0 spiro atoms. The van der Waals surface area contributed by atoms with Gasteiger partial charge >= 0.3 is 6.03 Å². The molecule has 6 nitrogen and oxygen atoms in total. The predicted molar refractivity (Wildman–Crippen MR) is 90.7 cm³/mol. The molecule has 118 valence electrons. The number of ether oxygens (including phenoxy) is 1. The van der Waals surface area contributed by atoms with Gasteiger partial charge in [0.1, 0.15) is 5.82 Å². The molecule has 2 N–H and O–H groups in total. The molecule has 2 heterocycles. The second-order valence-corrected chi connectivity index (χ2v) is 5.04. The number of nitrogens with zero attached hydrogens (tertiary/aromatic N) is 2. The first-order valence-electron chi connectivity index (χ1n) is 7.34. The number of benzene rings is 1. The molecule has 6 heteroatoms. The van der Waals surface area contributed by atoms with Crippen LogP contribution < -0.4 is 10.6 Å². The minimum absolute atomic E-state index is 0.321. The van der Waals surface area contributed by atoms with Crippen LogP contribution in [-0.2, 0) is 11.3 Å². The fourth-order valence-electron chi connectivity index (χ4n) is 2.43. The number of anilines is 2. The van der Waals surface area contributed by atoms with Crippen molar-refractivity contribution >= 4 is 28.4 Å². The summed E-state index contributed by atoms with van der Waals surface area (Å²) in [5, 5.41) is 6.58. The number of para-hydroxylation sites is 1.